The molecule has 1 amide bonds. The Hall–Kier alpha value is -2.86. The third-order valence-corrected chi connectivity index (χ3v) is 5.87. The van der Waals surface area contributed by atoms with E-state index in [1.807, 2.05) is 41.8 Å². The first-order chi connectivity index (χ1) is 15.1. The van der Waals surface area contributed by atoms with Gasteiger partial charge in [0, 0.05) is 10.9 Å². The number of para-hydroxylation sites is 1. The Labute approximate surface area is 194 Å². The van der Waals surface area contributed by atoms with Crippen LogP contribution in [-0.4, -0.2) is 24.6 Å². The minimum atomic E-state index is -0.247. The Kier molecular flexibility index (Phi) is 7.24. The van der Waals surface area contributed by atoms with Crippen LogP contribution in [0.2, 0.25) is 0 Å². The number of anilines is 1. The van der Waals surface area contributed by atoms with Crippen molar-refractivity contribution in [3.8, 4) is 22.8 Å². The molecule has 0 fully saturated rings. The van der Waals surface area contributed by atoms with Gasteiger partial charge in [-0.05, 0) is 47.1 Å². The van der Waals surface area contributed by atoms with Crippen LogP contribution in [0.15, 0.2) is 53.9 Å². The molecule has 3 rings (SSSR count). The Morgan fingerprint density at radius 2 is 1.72 bits per heavy atom. The predicted molar refractivity (Wildman–Crippen MR) is 132 cm³/mol. The first-order valence-corrected chi connectivity index (χ1v) is 11.6. The van der Waals surface area contributed by atoms with Gasteiger partial charge in [0.25, 0.3) is 5.91 Å². The standard InChI is InChI=1S/C26H32N2O3S/c1-25(2,3)17-26(4,5)18-11-13-19(14-12-18)31-15-23(29)28-24-27-21(16-32-24)20-9-7-8-10-22(20)30-6/h7-14,16H,15,17H2,1-6H3,(H,27,28,29). The van der Waals surface area contributed by atoms with Crippen molar-refractivity contribution in [3.63, 3.8) is 0 Å². The Balaban J connectivity index is 1.56. The van der Waals surface area contributed by atoms with E-state index in [2.05, 4.69) is 57.1 Å². The summed E-state index contributed by atoms with van der Waals surface area (Å²) in [4.78, 5) is 16.8. The van der Waals surface area contributed by atoms with E-state index < -0.39 is 0 Å². The van der Waals surface area contributed by atoms with Crippen molar-refractivity contribution in [3.05, 3.63) is 59.5 Å². The Morgan fingerprint density at radius 1 is 1.03 bits per heavy atom. The molecule has 0 atom stereocenters. The van der Waals surface area contributed by atoms with Gasteiger partial charge in [-0.1, -0.05) is 58.9 Å². The zero-order chi connectivity index (χ0) is 23.4. The van der Waals surface area contributed by atoms with E-state index in [-0.39, 0.29) is 23.3 Å². The molecule has 0 aliphatic carbocycles. The third kappa shape index (κ3) is 6.33. The summed E-state index contributed by atoms with van der Waals surface area (Å²) in [5, 5.41) is 5.23. The lowest BCUT2D eigenvalue weighted by Crippen LogP contribution is -2.24. The molecule has 1 N–H and O–H groups in total. The highest BCUT2D eigenvalue weighted by molar-refractivity contribution is 7.14. The summed E-state index contributed by atoms with van der Waals surface area (Å²) in [6.07, 6.45) is 1.08. The number of nitrogens with one attached hydrogen (secondary N) is 1. The number of thiazole rings is 1. The normalized spacial score (nSPS) is 11.8. The van der Waals surface area contributed by atoms with Crippen molar-refractivity contribution < 1.29 is 14.3 Å². The first-order valence-electron chi connectivity index (χ1n) is 10.7. The molecule has 0 saturated heterocycles. The SMILES string of the molecule is COc1ccccc1-c1csc(NC(=O)COc2ccc(C(C)(C)CC(C)(C)C)cc2)n1. The van der Waals surface area contributed by atoms with Gasteiger partial charge in [-0.15, -0.1) is 11.3 Å². The summed E-state index contributed by atoms with van der Waals surface area (Å²) in [5.41, 5.74) is 3.22. The summed E-state index contributed by atoms with van der Waals surface area (Å²) in [5.74, 6) is 1.17. The van der Waals surface area contributed by atoms with Crippen LogP contribution >= 0.6 is 11.3 Å². The fraction of sp³-hybridized carbons (Fsp3) is 0.385. The fourth-order valence-electron chi connectivity index (χ4n) is 4.05. The lowest BCUT2D eigenvalue weighted by atomic mass is 9.72. The molecule has 32 heavy (non-hydrogen) atoms. The average Bonchev–Trinajstić information content (AvgIpc) is 3.19. The number of methoxy groups -OCH3 is 1. The molecule has 170 valence electrons. The lowest BCUT2D eigenvalue weighted by Gasteiger charge is -2.33. The monoisotopic (exact) mass is 452 g/mol. The van der Waals surface area contributed by atoms with Gasteiger partial charge in [0.05, 0.1) is 12.8 Å². The van der Waals surface area contributed by atoms with Crippen LogP contribution < -0.4 is 14.8 Å². The van der Waals surface area contributed by atoms with Crippen LogP contribution in [0.1, 0.15) is 46.6 Å². The number of carbonyl (C=O) groups is 1. The van der Waals surface area contributed by atoms with Crippen LogP contribution in [-0.2, 0) is 10.2 Å². The summed E-state index contributed by atoms with van der Waals surface area (Å²) in [6, 6.07) is 15.7. The van der Waals surface area contributed by atoms with E-state index in [9.17, 15) is 4.79 Å². The molecular weight excluding hydrogens is 420 g/mol. The number of rotatable bonds is 8. The molecule has 0 radical (unpaired) electrons. The molecule has 0 saturated carbocycles. The van der Waals surface area contributed by atoms with Crippen LogP contribution in [0.5, 0.6) is 11.5 Å². The second-order valence-corrected chi connectivity index (χ2v) is 10.6. The van der Waals surface area contributed by atoms with Crippen molar-refractivity contribution in [2.24, 2.45) is 5.41 Å². The average molecular weight is 453 g/mol. The van der Waals surface area contributed by atoms with E-state index in [4.69, 9.17) is 9.47 Å². The first kappa shape index (κ1) is 23.8. The lowest BCUT2D eigenvalue weighted by molar-refractivity contribution is -0.118. The van der Waals surface area contributed by atoms with Crippen LogP contribution in [0.25, 0.3) is 11.3 Å². The van der Waals surface area contributed by atoms with Gasteiger partial charge in [0.2, 0.25) is 0 Å². The highest BCUT2D eigenvalue weighted by Gasteiger charge is 2.27. The minimum absolute atomic E-state index is 0.0676. The molecule has 0 aliphatic heterocycles. The number of amides is 1. The van der Waals surface area contributed by atoms with E-state index in [1.54, 1.807) is 7.11 Å². The van der Waals surface area contributed by atoms with E-state index in [1.165, 1.54) is 16.9 Å². The van der Waals surface area contributed by atoms with E-state index in [0.717, 1.165) is 23.4 Å². The van der Waals surface area contributed by atoms with Crippen molar-refractivity contribution >= 4 is 22.4 Å². The maximum atomic E-state index is 12.3. The number of hydrogen-bond acceptors (Lipinski definition) is 5. The number of nitrogens with zero attached hydrogens (tertiary/aromatic N) is 1. The largest absolute Gasteiger partial charge is 0.496 e. The quantitative estimate of drug-likeness (QED) is 0.421. The zero-order valence-corrected chi connectivity index (χ0v) is 20.5. The minimum Gasteiger partial charge on any atom is -0.496 e. The smallest absolute Gasteiger partial charge is 0.264 e. The topological polar surface area (TPSA) is 60.5 Å². The Bertz CT molecular complexity index is 1050. The molecule has 2 aromatic carbocycles. The van der Waals surface area contributed by atoms with Gasteiger partial charge in [-0.25, -0.2) is 4.98 Å². The Morgan fingerprint density at radius 3 is 2.38 bits per heavy atom. The molecule has 0 spiro atoms. The molecule has 1 heterocycles. The predicted octanol–water partition coefficient (Wildman–Crippen LogP) is 6.55. The molecule has 3 aromatic rings. The molecule has 0 unspecified atom stereocenters. The van der Waals surface area contributed by atoms with Crippen molar-refractivity contribution in [2.45, 2.75) is 46.5 Å². The van der Waals surface area contributed by atoms with Crippen LogP contribution in [0.3, 0.4) is 0 Å². The van der Waals surface area contributed by atoms with Gasteiger partial charge >= 0.3 is 0 Å². The maximum Gasteiger partial charge on any atom is 0.264 e. The third-order valence-electron chi connectivity index (χ3n) is 5.11. The van der Waals surface area contributed by atoms with Crippen molar-refractivity contribution in [2.75, 3.05) is 19.0 Å². The van der Waals surface area contributed by atoms with Crippen LogP contribution in [0.4, 0.5) is 5.13 Å². The number of ether oxygens (including phenoxy) is 2. The van der Waals surface area contributed by atoms with Gasteiger partial charge in [-0.3, -0.25) is 10.1 Å². The summed E-state index contributed by atoms with van der Waals surface area (Å²) < 4.78 is 11.1. The number of aromatic nitrogens is 1. The molecule has 0 bridgehead atoms. The van der Waals surface area contributed by atoms with Gasteiger partial charge in [-0.2, -0.15) is 0 Å². The second kappa shape index (κ2) is 9.74. The number of benzene rings is 2. The van der Waals surface area contributed by atoms with Crippen molar-refractivity contribution in [1.29, 1.82) is 0 Å². The second-order valence-electron chi connectivity index (χ2n) is 9.72. The summed E-state index contributed by atoms with van der Waals surface area (Å²) in [6.45, 7) is 11.2. The van der Waals surface area contributed by atoms with Crippen LogP contribution in [0, 0.1) is 5.41 Å². The summed E-state index contributed by atoms with van der Waals surface area (Å²) >= 11 is 1.37. The molecule has 6 heteroatoms. The van der Waals surface area contributed by atoms with Crippen molar-refractivity contribution in [1.82, 2.24) is 4.98 Å². The highest BCUT2D eigenvalue weighted by atomic mass is 32.1. The fourth-order valence-corrected chi connectivity index (χ4v) is 4.77. The van der Waals surface area contributed by atoms with Gasteiger partial charge < -0.3 is 9.47 Å². The molecule has 0 aliphatic rings. The van der Waals surface area contributed by atoms with E-state index in [0.29, 0.717) is 10.9 Å². The zero-order valence-electron chi connectivity index (χ0n) is 19.7. The molecule has 5 nitrogen and oxygen atoms in total. The highest BCUT2D eigenvalue weighted by Crippen LogP contribution is 2.36. The molecule has 1 aromatic heterocycles. The van der Waals surface area contributed by atoms with Gasteiger partial charge in [0.15, 0.2) is 11.7 Å². The van der Waals surface area contributed by atoms with Gasteiger partial charge in [0.1, 0.15) is 11.5 Å². The number of hydrogen-bond donors (Lipinski definition) is 1. The summed E-state index contributed by atoms with van der Waals surface area (Å²) in [7, 11) is 1.63. The number of carbonyl (C=O) groups excluding carboxylic acids is 1. The molecular formula is C26H32N2O3S. The maximum absolute atomic E-state index is 12.3. The van der Waals surface area contributed by atoms with E-state index >= 15 is 0 Å².